The Morgan fingerprint density at radius 2 is 2.07 bits per heavy atom. The topological polar surface area (TPSA) is 102 Å². The number of amides is 2. The Labute approximate surface area is 155 Å². The summed E-state index contributed by atoms with van der Waals surface area (Å²) in [7, 11) is 1.53. The highest BCUT2D eigenvalue weighted by Gasteiger charge is 2.24. The molecule has 2 aromatic rings. The molecule has 1 heterocycles. The van der Waals surface area contributed by atoms with E-state index in [1.165, 1.54) is 19.2 Å². The molecule has 1 N–H and O–H groups in total. The molecular weight excluding hydrogens is 350 g/mol. The predicted molar refractivity (Wildman–Crippen MR) is 99.6 cm³/mol. The summed E-state index contributed by atoms with van der Waals surface area (Å²) in [5, 5.41) is 13.6. The van der Waals surface area contributed by atoms with E-state index in [4.69, 9.17) is 4.74 Å². The van der Waals surface area contributed by atoms with Gasteiger partial charge in [0.05, 0.1) is 11.3 Å². The van der Waals surface area contributed by atoms with E-state index < -0.39 is 4.92 Å². The summed E-state index contributed by atoms with van der Waals surface area (Å²) in [6.45, 7) is 0.185. The van der Waals surface area contributed by atoms with Crippen molar-refractivity contribution in [2.24, 2.45) is 0 Å². The number of hydrogen-bond acceptors (Lipinski definition) is 5. The molecule has 2 amide bonds. The minimum absolute atomic E-state index is 0.00630. The lowest BCUT2D eigenvalue weighted by atomic mass is 10.0. The van der Waals surface area contributed by atoms with Crippen molar-refractivity contribution in [3.63, 3.8) is 0 Å². The van der Waals surface area contributed by atoms with Gasteiger partial charge in [0, 0.05) is 37.0 Å². The van der Waals surface area contributed by atoms with E-state index in [2.05, 4.69) is 5.32 Å². The highest BCUT2D eigenvalue weighted by molar-refractivity contribution is 5.97. The Kier molecular flexibility index (Phi) is 5.46. The molecule has 0 aromatic heterocycles. The normalized spacial score (nSPS) is 13.2. The van der Waals surface area contributed by atoms with Crippen LogP contribution in [0.2, 0.25) is 0 Å². The maximum Gasteiger partial charge on any atom is 0.269 e. The number of carbonyl (C=O) groups excluding carboxylic acids is 2. The van der Waals surface area contributed by atoms with Gasteiger partial charge in [-0.2, -0.15) is 0 Å². The van der Waals surface area contributed by atoms with Crippen LogP contribution in [0.1, 0.15) is 17.5 Å². The fourth-order valence-electron chi connectivity index (χ4n) is 3.08. The molecule has 1 aliphatic heterocycles. The smallest absolute Gasteiger partial charge is 0.269 e. The summed E-state index contributed by atoms with van der Waals surface area (Å²) in [5.41, 5.74) is 2.88. The van der Waals surface area contributed by atoms with Crippen LogP contribution in [0.15, 0.2) is 42.5 Å². The summed E-state index contributed by atoms with van der Waals surface area (Å²) in [6, 6.07) is 11.4. The van der Waals surface area contributed by atoms with Crippen LogP contribution in [0, 0.1) is 10.1 Å². The molecule has 8 nitrogen and oxygen atoms in total. The lowest BCUT2D eigenvalue weighted by Gasteiger charge is -2.29. The molecule has 1 aliphatic rings. The fraction of sp³-hybridized carbons (Fsp3) is 0.263. The first-order valence-electron chi connectivity index (χ1n) is 8.43. The number of carbonyl (C=O) groups is 2. The van der Waals surface area contributed by atoms with Gasteiger partial charge in [-0.05, 0) is 35.7 Å². The van der Waals surface area contributed by atoms with Crippen molar-refractivity contribution in [2.75, 3.05) is 24.1 Å². The van der Waals surface area contributed by atoms with E-state index in [1.54, 1.807) is 29.2 Å². The Bertz CT molecular complexity index is 897. The van der Waals surface area contributed by atoms with Crippen LogP contribution in [0.4, 0.5) is 17.1 Å². The van der Waals surface area contributed by atoms with Gasteiger partial charge in [0.25, 0.3) is 5.69 Å². The van der Waals surface area contributed by atoms with Gasteiger partial charge < -0.3 is 10.1 Å². The van der Waals surface area contributed by atoms with Crippen molar-refractivity contribution in [3.05, 3.63) is 63.7 Å². The molecule has 0 saturated carbocycles. The van der Waals surface area contributed by atoms with Crippen molar-refractivity contribution in [2.45, 2.75) is 19.3 Å². The molecule has 2 aromatic carbocycles. The molecular formula is C19H19N3O5. The zero-order valence-electron chi connectivity index (χ0n) is 14.8. The molecule has 3 rings (SSSR count). The van der Waals surface area contributed by atoms with Crippen molar-refractivity contribution in [1.29, 1.82) is 0 Å². The maximum atomic E-state index is 12.3. The number of hydrogen-bond donors (Lipinski definition) is 1. The molecule has 8 heteroatoms. The van der Waals surface area contributed by atoms with Gasteiger partial charge in [-0.25, -0.2) is 0 Å². The molecule has 0 spiro atoms. The summed E-state index contributed by atoms with van der Waals surface area (Å²) < 4.78 is 5.08. The zero-order chi connectivity index (χ0) is 19.4. The second kappa shape index (κ2) is 7.96. The highest BCUT2D eigenvalue weighted by Crippen LogP contribution is 2.30. The number of nitrogens with one attached hydrogen (secondary N) is 1. The highest BCUT2D eigenvalue weighted by atomic mass is 16.6. The van der Waals surface area contributed by atoms with Gasteiger partial charge in [-0.3, -0.25) is 24.6 Å². The molecule has 27 heavy (non-hydrogen) atoms. The van der Waals surface area contributed by atoms with Crippen molar-refractivity contribution >= 4 is 28.9 Å². The lowest BCUT2D eigenvalue weighted by Crippen LogP contribution is -2.36. The monoisotopic (exact) mass is 369 g/mol. The van der Waals surface area contributed by atoms with E-state index in [0.29, 0.717) is 24.1 Å². The van der Waals surface area contributed by atoms with E-state index in [1.807, 2.05) is 6.07 Å². The number of aryl methyl sites for hydroxylation is 1. The molecule has 0 radical (unpaired) electrons. The zero-order valence-corrected chi connectivity index (χ0v) is 14.8. The Hall–Kier alpha value is -3.26. The van der Waals surface area contributed by atoms with Gasteiger partial charge in [0.2, 0.25) is 11.8 Å². The molecule has 0 bridgehead atoms. The number of nitro groups is 1. The Morgan fingerprint density at radius 1 is 1.26 bits per heavy atom. The minimum atomic E-state index is -0.488. The summed E-state index contributed by atoms with van der Waals surface area (Å²) in [5.74, 6) is -0.261. The molecule has 0 aliphatic carbocycles. The molecule has 0 fully saturated rings. The number of benzene rings is 2. The molecule has 0 unspecified atom stereocenters. The van der Waals surface area contributed by atoms with Crippen LogP contribution in [0.25, 0.3) is 0 Å². The first-order chi connectivity index (χ1) is 13.0. The summed E-state index contributed by atoms with van der Waals surface area (Å²) in [4.78, 5) is 36.2. The van der Waals surface area contributed by atoms with Gasteiger partial charge in [0.15, 0.2) is 0 Å². The van der Waals surface area contributed by atoms with Crippen molar-refractivity contribution in [3.8, 4) is 0 Å². The van der Waals surface area contributed by atoms with Gasteiger partial charge in [-0.1, -0.05) is 12.1 Å². The third kappa shape index (κ3) is 4.29. The van der Waals surface area contributed by atoms with Gasteiger partial charge >= 0.3 is 0 Å². The van der Waals surface area contributed by atoms with Crippen LogP contribution in [-0.4, -0.2) is 30.6 Å². The predicted octanol–water partition coefficient (Wildman–Crippen LogP) is 2.66. The molecule has 0 saturated heterocycles. The number of nitrogens with zero attached hydrogens (tertiary/aromatic N) is 2. The number of nitro benzene ring substituents is 1. The van der Waals surface area contributed by atoms with Crippen LogP contribution in [-0.2, 0) is 27.2 Å². The SMILES string of the molecule is COCN1C(=O)CCc2cc(NC(=O)Cc3cccc([N+](=O)[O-])c3)ccc21. The van der Waals surface area contributed by atoms with Crippen LogP contribution in [0.5, 0.6) is 0 Å². The number of rotatable bonds is 6. The third-order valence-corrected chi connectivity index (χ3v) is 4.31. The van der Waals surface area contributed by atoms with Crippen LogP contribution < -0.4 is 10.2 Å². The van der Waals surface area contributed by atoms with Crippen molar-refractivity contribution in [1.82, 2.24) is 0 Å². The minimum Gasteiger partial charge on any atom is -0.364 e. The largest absolute Gasteiger partial charge is 0.364 e. The second-order valence-corrected chi connectivity index (χ2v) is 6.24. The van der Waals surface area contributed by atoms with E-state index in [9.17, 15) is 19.7 Å². The van der Waals surface area contributed by atoms with Gasteiger partial charge in [-0.15, -0.1) is 0 Å². The Balaban J connectivity index is 1.71. The first-order valence-corrected chi connectivity index (χ1v) is 8.43. The maximum absolute atomic E-state index is 12.3. The third-order valence-electron chi connectivity index (χ3n) is 4.31. The standard InChI is InChI=1S/C19H19N3O5/c1-27-12-21-17-7-6-15(11-14(17)5-8-19(21)24)20-18(23)10-13-3-2-4-16(9-13)22(25)26/h2-4,6-7,9,11H,5,8,10,12H2,1H3,(H,20,23). The lowest BCUT2D eigenvalue weighted by molar-refractivity contribution is -0.384. The van der Waals surface area contributed by atoms with E-state index >= 15 is 0 Å². The number of anilines is 2. The number of methoxy groups -OCH3 is 1. The second-order valence-electron chi connectivity index (χ2n) is 6.24. The number of non-ortho nitro benzene ring substituents is 1. The van der Waals surface area contributed by atoms with E-state index in [0.717, 1.165) is 11.3 Å². The number of ether oxygens (including phenoxy) is 1. The average Bonchev–Trinajstić information content (AvgIpc) is 2.64. The molecule has 140 valence electrons. The van der Waals surface area contributed by atoms with Crippen LogP contribution >= 0.6 is 0 Å². The molecule has 0 atom stereocenters. The summed E-state index contributed by atoms with van der Waals surface area (Å²) >= 11 is 0. The summed E-state index contributed by atoms with van der Waals surface area (Å²) in [6.07, 6.45) is 1.03. The van der Waals surface area contributed by atoms with Crippen molar-refractivity contribution < 1.29 is 19.2 Å². The van der Waals surface area contributed by atoms with Gasteiger partial charge in [0.1, 0.15) is 6.73 Å². The van der Waals surface area contributed by atoms with E-state index in [-0.39, 0.29) is 30.7 Å². The van der Waals surface area contributed by atoms with Crippen LogP contribution in [0.3, 0.4) is 0 Å². The fourth-order valence-corrected chi connectivity index (χ4v) is 3.08. The average molecular weight is 369 g/mol. The first kappa shape index (κ1) is 18.5. The quantitative estimate of drug-likeness (QED) is 0.623. The Morgan fingerprint density at radius 3 is 2.81 bits per heavy atom. The number of fused-ring (bicyclic) bond motifs is 1.